The van der Waals surface area contributed by atoms with Crippen LogP contribution >= 0.6 is 15.9 Å². The topological polar surface area (TPSA) is 72.8 Å². The number of hydrazone groups is 1. The van der Waals surface area contributed by atoms with Crippen LogP contribution in [0.15, 0.2) is 46.2 Å². The third-order valence-electron chi connectivity index (χ3n) is 3.01. The maximum Gasteiger partial charge on any atom is 0.272 e. The molecule has 7 heteroatoms. The normalized spacial score (nSPS) is 10.6. The van der Waals surface area contributed by atoms with Crippen molar-refractivity contribution < 1.29 is 14.3 Å². The summed E-state index contributed by atoms with van der Waals surface area (Å²) >= 11 is 3.46. The number of carbonyl (C=O) groups excluding carboxylic acids is 1. The molecule has 1 heterocycles. The number of methoxy groups -OCH3 is 1. The Balaban J connectivity index is 2.09. The van der Waals surface area contributed by atoms with Gasteiger partial charge in [0, 0.05) is 12.4 Å². The number of pyridine rings is 1. The second-order valence-electron chi connectivity index (χ2n) is 4.82. The molecule has 1 amide bonds. The number of hydrogen-bond acceptors (Lipinski definition) is 5. The minimum absolute atomic E-state index is 0.326. The zero-order chi connectivity index (χ0) is 17.4. The van der Waals surface area contributed by atoms with Gasteiger partial charge >= 0.3 is 0 Å². The zero-order valence-electron chi connectivity index (χ0n) is 13.5. The van der Waals surface area contributed by atoms with E-state index in [0.717, 1.165) is 16.5 Å². The first-order valence-electron chi connectivity index (χ1n) is 7.39. The van der Waals surface area contributed by atoms with Gasteiger partial charge in [0.15, 0.2) is 11.5 Å². The van der Waals surface area contributed by atoms with Gasteiger partial charge in [-0.15, -0.1) is 0 Å². The number of carbonyl (C=O) groups is 1. The van der Waals surface area contributed by atoms with Crippen LogP contribution in [0.2, 0.25) is 0 Å². The van der Waals surface area contributed by atoms with Gasteiger partial charge in [-0.05, 0) is 52.2 Å². The summed E-state index contributed by atoms with van der Waals surface area (Å²) in [5.74, 6) is 0.919. The molecule has 2 rings (SSSR count). The highest BCUT2D eigenvalue weighted by molar-refractivity contribution is 9.10. The fourth-order valence-corrected chi connectivity index (χ4v) is 2.46. The molecular formula is C17H18BrN3O3. The molecule has 1 N–H and O–H groups in total. The molecule has 0 aliphatic heterocycles. The van der Waals surface area contributed by atoms with Crippen molar-refractivity contribution in [2.24, 2.45) is 5.10 Å². The van der Waals surface area contributed by atoms with E-state index in [1.165, 1.54) is 12.4 Å². The summed E-state index contributed by atoms with van der Waals surface area (Å²) in [4.78, 5) is 15.8. The molecule has 6 nitrogen and oxygen atoms in total. The van der Waals surface area contributed by atoms with Crippen LogP contribution in [0.4, 0.5) is 0 Å². The predicted molar refractivity (Wildman–Crippen MR) is 95.8 cm³/mol. The van der Waals surface area contributed by atoms with Gasteiger partial charge in [-0.1, -0.05) is 6.92 Å². The van der Waals surface area contributed by atoms with E-state index in [-0.39, 0.29) is 5.91 Å². The molecule has 2 aromatic rings. The van der Waals surface area contributed by atoms with Crippen LogP contribution < -0.4 is 14.9 Å². The Bertz CT molecular complexity index is 721. The number of nitrogens with one attached hydrogen (secondary N) is 1. The van der Waals surface area contributed by atoms with Crippen molar-refractivity contribution >= 4 is 28.1 Å². The molecule has 0 radical (unpaired) electrons. The second-order valence-corrected chi connectivity index (χ2v) is 5.68. The number of amides is 1. The fourth-order valence-electron chi connectivity index (χ4n) is 1.89. The van der Waals surface area contributed by atoms with Crippen LogP contribution in [-0.2, 0) is 0 Å². The standard InChI is InChI=1S/C17H18BrN3O3/c1-3-7-24-16-14(18)8-12(9-15(16)23-2)10-20-21-17(22)13-5-4-6-19-11-13/h4-6,8-11H,3,7H2,1-2H3,(H,21,22)/b20-10+. The average molecular weight is 392 g/mol. The summed E-state index contributed by atoms with van der Waals surface area (Å²) in [6.07, 6.45) is 5.51. The summed E-state index contributed by atoms with van der Waals surface area (Å²) in [6.45, 7) is 2.63. The van der Waals surface area contributed by atoms with Crippen LogP contribution in [-0.4, -0.2) is 30.8 Å². The molecule has 126 valence electrons. The lowest BCUT2D eigenvalue weighted by Crippen LogP contribution is -2.17. The van der Waals surface area contributed by atoms with Gasteiger partial charge in [0.05, 0.1) is 30.0 Å². The predicted octanol–water partition coefficient (Wildman–Crippen LogP) is 3.41. The van der Waals surface area contributed by atoms with Crippen molar-refractivity contribution in [2.75, 3.05) is 13.7 Å². The Morgan fingerprint density at radius 1 is 1.46 bits per heavy atom. The molecule has 0 bridgehead atoms. The van der Waals surface area contributed by atoms with Crippen molar-refractivity contribution in [3.05, 3.63) is 52.3 Å². The molecule has 0 unspecified atom stereocenters. The van der Waals surface area contributed by atoms with Gasteiger partial charge in [-0.2, -0.15) is 5.10 Å². The van der Waals surface area contributed by atoms with Crippen LogP contribution in [0.5, 0.6) is 11.5 Å². The Labute approximate surface area is 149 Å². The van der Waals surface area contributed by atoms with E-state index in [4.69, 9.17) is 9.47 Å². The quantitative estimate of drug-likeness (QED) is 0.579. The average Bonchev–Trinajstić information content (AvgIpc) is 2.61. The number of halogens is 1. The maximum absolute atomic E-state index is 11.9. The Morgan fingerprint density at radius 3 is 2.96 bits per heavy atom. The number of ether oxygens (including phenoxy) is 2. The fraction of sp³-hybridized carbons (Fsp3) is 0.235. The first-order chi connectivity index (χ1) is 11.7. The highest BCUT2D eigenvalue weighted by Gasteiger charge is 2.11. The molecule has 0 fully saturated rings. The molecule has 0 spiro atoms. The lowest BCUT2D eigenvalue weighted by molar-refractivity contribution is 0.0955. The van der Waals surface area contributed by atoms with Gasteiger partial charge in [0.25, 0.3) is 5.91 Å². The minimum Gasteiger partial charge on any atom is -0.493 e. The number of hydrogen-bond donors (Lipinski definition) is 1. The smallest absolute Gasteiger partial charge is 0.272 e. The number of aromatic nitrogens is 1. The number of benzene rings is 1. The highest BCUT2D eigenvalue weighted by Crippen LogP contribution is 2.36. The summed E-state index contributed by atoms with van der Waals surface area (Å²) in [5, 5.41) is 3.96. The van der Waals surface area contributed by atoms with Gasteiger partial charge in [0.1, 0.15) is 0 Å². The summed E-state index contributed by atoms with van der Waals surface area (Å²) in [7, 11) is 1.58. The van der Waals surface area contributed by atoms with Crippen LogP contribution in [0.25, 0.3) is 0 Å². The molecule has 0 aliphatic carbocycles. The molecule has 0 atom stereocenters. The van der Waals surface area contributed by atoms with Crippen molar-refractivity contribution in [2.45, 2.75) is 13.3 Å². The largest absolute Gasteiger partial charge is 0.493 e. The van der Waals surface area contributed by atoms with Crippen LogP contribution in [0, 0.1) is 0 Å². The third kappa shape index (κ3) is 4.79. The summed E-state index contributed by atoms with van der Waals surface area (Å²) in [6, 6.07) is 6.98. The summed E-state index contributed by atoms with van der Waals surface area (Å²) < 4.78 is 11.8. The lowest BCUT2D eigenvalue weighted by atomic mass is 10.2. The molecular weight excluding hydrogens is 374 g/mol. The zero-order valence-corrected chi connectivity index (χ0v) is 15.0. The first-order valence-corrected chi connectivity index (χ1v) is 8.18. The molecule has 1 aromatic heterocycles. The lowest BCUT2D eigenvalue weighted by Gasteiger charge is -2.12. The van der Waals surface area contributed by atoms with E-state index in [1.54, 1.807) is 31.5 Å². The third-order valence-corrected chi connectivity index (χ3v) is 3.59. The SMILES string of the molecule is CCCOc1c(Br)cc(/C=N/NC(=O)c2cccnc2)cc1OC. The van der Waals surface area contributed by atoms with Gasteiger partial charge < -0.3 is 9.47 Å². The van der Waals surface area contributed by atoms with Crippen molar-refractivity contribution in [1.82, 2.24) is 10.4 Å². The van der Waals surface area contributed by atoms with Crippen LogP contribution in [0.3, 0.4) is 0 Å². The Kier molecular flexibility index (Phi) is 6.74. The monoisotopic (exact) mass is 391 g/mol. The highest BCUT2D eigenvalue weighted by atomic mass is 79.9. The number of nitrogens with zero attached hydrogens (tertiary/aromatic N) is 2. The first kappa shape index (κ1) is 17.9. The van der Waals surface area contributed by atoms with Gasteiger partial charge in [0.2, 0.25) is 0 Å². The Morgan fingerprint density at radius 2 is 2.29 bits per heavy atom. The molecule has 0 aliphatic rings. The van der Waals surface area contributed by atoms with Crippen molar-refractivity contribution in [3.8, 4) is 11.5 Å². The van der Waals surface area contributed by atoms with Gasteiger partial charge in [-0.3, -0.25) is 9.78 Å². The van der Waals surface area contributed by atoms with E-state index >= 15 is 0 Å². The number of rotatable bonds is 7. The molecule has 0 saturated heterocycles. The molecule has 0 saturated carbocycles. The second kappa shape index (κ2) is 9.02. The molecule has 1 aromatic carbocycles. The van der Waals surface area contributed by atoms with E-state index in [2.05, 4.69) is 31.4 Å². The maximum atomic E-state index is 11.9. The van der Waals surface area contributed by atoms with Crippen LogP contribution in [0.1, 0.15) is 29.3 Å². The van der Waals surface area contributed by atoms with Gasteiger partial charge in [-0.25, -0.2) is 5.43 Å². The van der Waals surface area contributed by atoms with E-state index in [1.807, 2.05) is 13.0 Å². The molecule has 24 heavy (non-hydrogen) atoms. The van der Waals surface area contributed by atoms with E-state index < -0.39 is 0 Å². The van der Waals surface area contributed by atoms with E-state index in [0.29, 0.717) is 23.7 Å². The summed E-state index contributed by atoms with van der Waals surface area (Å²) in [5.41, 5.74) is 3.66. The minimum atomic E-state index is -0.326. The van der Waals surface area contributed by atoms with Crippen molar-refractivity contribution in [1.29, 1.82) is 0 Å². The van der Waals surface area contributed by atoms with Crippen molar-refractivity contribution in [3.63, 3.8) is 0 Å². The van der Waals surface area contributed by atoms with E-state index in [9.17, 15) is 4.79 Å². The Hall–Kier alpha value is -2.41.